The minimum Gasteiger partial charge on any atom is -0.491 e. The fourth-order valence-corrected chi connectivity index (χ4v) is 7.01. The summed E-state index contributed by atoms with van der Waals surface area (Å²) < 4.78 is 21.8. The number of hydrogen-bond donors (Lipinski definition) is 5. The molecule has 1 saturated heterocycles. The SMILES string of the molecule is COCCOc1ccc(C[C@H](C(=O)N[C@@H](C(=O)C[C@H](C)C(=O)Nc2ccc(COC(=O)C(C)(C)C)c(CC[C@@H]3OC[C@@H](O)[C@H](O)[C@H]3O)c2)C(C)C)C2C(=O)C=CC2=O)cc1. The zero-order valence-corrected chi connectivity index (χ0v) is 35.5. The Balaban J connectivity index is 1.45. The third-order valence-electron chi connectivity index (χ3n) is 10.7. The normalized spacial score (nSPS) is 21.1. The summed E-state index contributed by atoms with van der Waals surface area (Å²) in [5, 5.41) is 36.2. The Morgan fingerprint density at radius 2 is 1.55 bits per heavy atom. The van der Waals surface area contributed by atoms with E-state index in [2.05, 4.69) is 10.6 Å². The number of carbonyl (C=O) groups excluding carboxylic acids is 6. The smallest absolute Gasteiger partial charge is 0.311 e. The number of benzene rings is 2. The van der Waals surface area contributed by atoms with Crippen molar-refractivity contribution in [2.75, 3.05) is 32.2 Å². The quantitative estimate of drug-likeness (QED) is 0.0736. The molecule has 0 spiro atoms. The van der Waals surface area contributed by atoms with Crippen LogP contribution in [0.25, 0.3) is 0 Å². The number of allylic oxidation sites excluding steroid dienone is 2. The molecule has 0 bridgehead atoms. The molecule has 1 aliphatic carbocycles. The summed E-state index contributed by atoms with van der Waals surface area (Å²) in [6.07, 6.45) is -2.01. The Morgan fingerprint density at radius 1 is 0.883 bits per heavy atom. The van der Waals surface area contributed by atoms with Gasteiger partial charge in [0.1, 0.15) is 37.3 Å². The van der Waals surface area contributed by atoms with E-state index in [9.17, 15) is 44.1 Å². The van der Waals surface area contributed by atoms with Gasteiger partial charge in [0.15, 0.2) is 17.3 Å². The number of aliphatic hydroxyl groups excluding tert-OH is 3. The molecule has 1 heterocycles. The number of methoxy groups -OCH3 is 1. The zero-order valence-electron chi connectivity index (χ0n) is 35.5. The average Bonchev–Trinajstić information content (AvgIpc) is 3.53. The lowest BCUT2D eigenvalue weighted by molar-refractivity contribution is -0.188. The largest absolute Gasteiger partial charge is 0.491 e. The molecule has 15 nitrogen and oxygen atoms in total. The second-order valence-corrected chi connectivity index (χ2v) is 17.0. The molecule has 15 heteroatoms. The van der Waals surface area contributed by atoms with E-state index in [1.807, 2.05) is 0 Å². The van der Waals surface area contributed by atoms with Gasteiger partial charge in [-0.05, 0) is 99.1 Å². The highest BCUT2D eigenvalue weighted by Crippen LogP contribution is 2.28. The van der Waals surface area contributed by atoms with Crippen LogP contribution in [0.2, 0.25) is 0 Å². The number of anilines is 1. The summed E-state index contributed by atoms with van der Waals surface area (Å²) in [4.78, 5) is 79.5. The summed E-state index contributed by atoms with van der Waals surface area (Å²) in [6.45, 7) is 10.8. The zero-order chi connectivity index (χ0) is 44.3. The van der Waals surface area contributed by atoms with Crippen LogP contribution in [-0.2, 0) is 62.4 Å². The summed E-state index contributed by atoms with van der Waals surface area (Å²) >= 11 is 0. The highest BCUT2D eigenvalue weighted by molar-refractivity contribution is 6.20. The minimum absolute atomic E-state index is 0.0466. The number of esters is 1. The number of aryl methyl sites for hydroxylation is 1. The average molecular weight is 837 g/mol. The first kappa shape index (κ1) is 47.9. The van der Waals surface area contributed by atoms with E-state index >= 15 is 0 Å². The first-order valence-corrected chi connectivity index (χ1v) is 20.4. The van der Waals surface area contributed by atoms with E-state index in [-0.39, 0.29) is 32.5 Å². The van der Waals surface area contributed by atoms with E-state index in [1.165, 1.54) is 0 Å². The van der Waals surface area contributed by atoms with Gasteiger partial charge in [-0.2, -0.15) is 0 Å². The number of ketones is 3. The van der Waals surface area contributed by atoms with Gasteiger partial charge in [0.25, 0.3) is 0 Å². The maximum Gasteiger partial charge on any atom is 0.311 e. The molecule has 1 fully saturated rings. The molecule has 328 valence electrons. The number of hydrogen-bond acceptors (Lipinski definition) is 13. The van der Waals surface area contributed by atoms with Crippen molar-refractivity contribution in [1.29, 1.82) is 0 Å². The van der Waals surface area contributed by atoms with Crippen LogP contribution in [0.5, 0.6) is 5.75 Å². The molecule has 2 aromatic carbocycles. The van der Waals surface area contributed by atoms with Crippen molar-refractivity contribution in [3.8, 4) is 5.75 Å². The fraction of sp³-hybridized carbons (Fsp3) is 0.556. The van der Waals surface area contributed by atoms with Crippen LogP contribution in [-0.4, -0.2) is 108 Å². The van der Waals surface area contributed by atoms with Gasteiger partial charge in [-0.15, -0.1) is 0 Å². The van der Waals surface area contributed by atoms with Crippen molar-refractivity contribution in [1.82, 2.24) is 5.32 Å². The molecule has 2 amide bonds. The predicted molar refractivity (Wildman–Crippen MR) is 220 cm³/mol. The first-order chi connectivity index (χ1) is 28.3. The molecule has 0 aromatic heterocycles. The third-order valence-corrected chi connectivity index (χ3v) is 10.7. The van der Waals surface area contributed by atoms with Crippen molar-refractivity contribution < 1.29 is 63.0 Å². The number of nitrogens with one attached hydrogen (secondary N) is 2. The molecule has 0 unspecified atom stereocenters. The van der Waals surface area contributed by atoms with Crippen molar-refractivity contribution in [3.05, 3.63) is 71.3 Å². The standard InChI is InChI=1S/C45H60N2O13/c1-25(2)39(47-43(55)32(38-33(48)15-16-34(38)49)21-27-8-13-31(14-9-27)58-19-18-57-7)35(50)20-26(3)42(54)46-30-12-10-29(23-60-44(56)45(4,5)6)28(22-30)11-17-37-41(53)40(52)36(51)24-59-37/h8-10,12-16,22,25-26,32,36-41,51-53H,11,17-21,23-24H2,1-7H3,(H,46,54)(H,47,55)/t26-,32-,36+,37-,39+,40-,41-/m0/s1. The van der Waals surface area contributed by atoms with Gasteiger partial charge >= 0.3 is 5.97 Å². The molecule has 1 aliphatic heterocycles. The lowest BCUT2D eigenvalue weighted by Gasteiger charge is -2.35. The molecular formula is C45H60N2O13. The van der Waals surface area contributed by atoms with Crippen LogP contribution in [0.3, 0.4) is 0 Å². The van der Waals surface area contributed by atoms with Gasteiger partial charge in [0.2, 0.25) is 11.8 Å². The number of aliphatic hydroxyl groups is 3. The van der Waals surface area contributed by atoms with Gasteiger partial charge in [-0.25, -0.2) is 0 Å². The number of carbonyl (C=O) groups is 6. The number of amides is 2. The Hall–Kier alpha value is -4.80. The molecule has 0 radical (unpaired) electrons. The summed E-state index contributed by atoms with van der Waals surface area (Å²) in [5.41, 5.74) is 1.66. The van der Waals surface area contributed by atoms with Crippen LogP contribution in [0.4, 0.5) is 5.69 Å². The maximum absolute atomic E-state index is 14.0. The monoisotopic (exact) mass is 836 g/mol. The van der Waals surface area contributed by atoms with E-state index in [0.717, 1.165) is 12.2 Å². The Labute approximate surface area is 351 Å². The number of Topliss-reactive ketones (excluding diaryl/α,β-unsaturated/α-hetero) is 1. The van der Waals surface area contributed by atoms with Crippen LogP contribution in [0.1, 0.15) is 71.1 Å². The highest BCUT2D eigenvalue weighted by Gasteiger charge is 2.41. The van der Waals surface area contributed by atoms with Crippen LogP contribution >= 0.6 is 0 Å². The van der Waals surface area contributed by atoms with Crippen molar-refractivity contribution in [3.63, 3.8) is 0 Å². The second kappa shape index (κ2) is 21.6. The molecule has 60 heavy (non-hydrogen) atoms. The van der Waals surface area contributed by atoms with Crippen molar-refractivity contribution in [2.45, 2.75) is 104 Å². The molecule has 4 rings (SSSR count). The second-order valence-electron chi connectivity index (χ2n) is 17.0. The van der Waals surface area contributed by atoms with Crippen LogP contribution in [0.15, 0.2) is 54.6 Å². The lowest BCUT2D eigenvalue weighted by atomic mass is 9.82. The van der Waals surface area contributed by atoms with Crippen LogP contribution < -0.4 is 15.4 Å². The van der Waals surface area contributed by atoms with E-state index in [1.54, 1.807) is 91.1 Å². The van der Waals surface area contributed by atoms with Crippen LogP contribution in [0, 0.1) is 29.1 Å². The van der Waals surface area contributed by atoms with Crippen molar-refractivity contribution >= 4 is 40.8 Å². The predicted octanol–water partition coefficient (Wildman–Crippen LogP) is 3.07. The van der Waals surface area contributed by atoms with E-state index in [0.29, 0.717) is 47.8 Å². The minimum atomic E-state index is -1.37. The maximum atomic E-state index is 14.0. The molecule has 2 aliphatic rings. The lowest BCUT2D eigenvalue weighted by Crippen LogP contribution is -2.52. The summed E-state index contributed by atoms with van der Waals surface area (Å²) in [6, 6.07) is 11.0. The number of ether oxygens (including phenoxy) is 4. The highest BCUT2D eigenvalue weighted by atomic mass is 16.5. The van der Waals surface area contributed by atoms with Crippen molar-refractivity contribution in [2.24, 2.45) is 29.1 Å². The Morgan fingerprint density at radius 3 is 2.17 bits per heavy atom. The summed E-state index contributed by atoms with van der Waals surface area (Å²) in [7, 11) is 1.57. The summed E-state index contributed by atoms with van der Waals surface area (Å²) in [5.74, 6) is -5.89. The Kier molecular flexibility index (Phi) is 17.3. The van der Waals surface area contributed by atoms with Gasteiger partial charge in [-0.1, -0.05) is 39.0 Å². The van der Waals surface area contributed by atoms with Gasteiger partial charge < -0.3 is 44.9 Å². The fourth-order valence-electron chi connectivity index (χ4n) is 7.01. The number of rotatable bonds is 20. The van der Waals surface area contributed by atoms with E-state index in [4.69, 9.17) is 18.9 Å². The van der Waals surface area contributed by atoms with Gasteiger partial charge in [-0.3, -0.25) is 28.8 Å². The molecule has 0 saturated carbocycles. The Bertz CT molecular complexity index is 1850. The molecule has 2 aromatic rings. The van der Waals surface area contributed by atoms with Gasteiger partial charge in [0.05, 0.1) is 42.6 Å². The third kappa shape index (κ3) is 13.1. The topological polar surface area (TPSA) is 224 Å². The molecule has 7 atom stereocenters. The first-order valence-electron chi connectivity index (χ1n) is 20.4. The molecule has 5 N–H and O–H groups in total. The van der Waals surface area contributed by atoms with E-state index < -0.39 is 94.7 Å². The molecular weight excluding hydrogens is 776 g/mol. The van der Waals surface area contributed by atoms with Gasteiger partial charge in [0, 0.05) is 25.1 Å².